The van der Waals surface area contributed by atoms with Gasteiger partial charge in [-0.2, -0.15) is 10.1 Å². The third-order valence-corrected chi connectivity index (χ3v) is 4.38. The third kappa shape index (κ3) is 2.54. The van der Waals surface area contributed by atoms with Gasteiger partial charge in [-0.05, 0) is 31.7 Å². The Kier molecular flexibility index (Phi) is 3.24. The van der Waals surface area contributed by atoms with Crippen LogP contribution in [0.2, 0.25) is 0 Å². The SMILES string of the molecule is Cn1nc(C(=O)N2CCCC2c2noc(C3CC3)n2)ccc1=O. The Morgan fingerprint density at radius 3 is 2.87 bits per heavy atom. The number of hydrogen-bond donors (Lipinski definition) is 0. The molecule has 1 unspecified atom stereocenters. The monoisotopic (exact) mass is 315 g/mol. The summed E-state index contributed by atoms with van der Waals surface area (Å²) in [6, 6.07) is 2.63. The molecule has 3 heterocycles. The summed E-state index contributed by atoms with van der Waals surface area (Å²) in [7, 11) is 1.53. The molecule has 4 rings (SSSR count). The van der Waals surface area contributed by atoms with Crippen molar-refractivity contribution in [2.45, 2.75) is 37.6 Å². The van der Waals surface area contributed by atoms with E-state index in [-0.39, 0.29) is 23.2 Å². The van der Waals surface area contributed by atoms with Crippen LogP contribution in [-0.4, -0.2) is 37.3 Å². The number of rotatable bonds is 3. The average Bonchev–Trinajstić information content (AvgIpc) is 3.09. The maximum absolute atomic E-state index is 12.7. The average molecular weight is 315 g/mol. The van der Waals surface area contributed by atoms with E-state index in [9.17, 15) is 9.59 Å². The van der Waals surface area contributed by atoms with Crippen molar-refractivity contribution < 1.29 is 9.32 Å². The molecular formula is C15H17N5O3. The van der Waals surface area contributed by atoms with Crippen molar-refractivity contribution in [3.8, 4) is 0 Å². The van der Waals surface area contributed by atoms with Crippen LogP contribution < -0.4 is 5.56 Å². The fourth-order valence-electron chi connectivity index (χ4n) is 2.92. The molecule has 0 aromatic carbocycles. The topological polar surface area (TPSA) is 94.1 Å². The van der Waals surface area contributed by atoms with Gasteiger partial charge in [-0.3, -0.25) is 9.59 Å². The lowest BCUT2D eigenvalue weighted by Crippen LogP contribution is -2.33. The second kappa shape index (κ2) is 5.29. The van der Waals surface area contributed by atoms with Gasteiger partial charge in [0.15, 0.2) is 5.82 Å². The molecule has 1 atom stereocenters. The lowest BCUT2D eigenvalue weighted by atomic mass is 10.2. The van der Waals surface area contributed by atoms with Crippen molar-refractivity contribution >= 4 is 5.91 Å². The first-order valence-corrected chi connectivity index (χ1v) is 7.82. The number of carbonyl (C=O) groups excluding carboxylic acids is 1. The summed E-state index contributed by atoms with van der Waals surface area (Å²) < 4.78 is 6.47. The predicted molar refractivity (Wildman–Crippen MR) is 78.8 cm³/mol. The quantitative estimate of drug-likeness (QED) is 0.839. The highest BCUT2D eigenvalue weighted by molar-refractivity contribution is 5.92. The van der Waals surface area contributed by atoms with E-state index in [0.717, 1.165) is 30.4 Å². The first kappa shape index (κ1) is 14.1. The third-order valence-electron chi connectivity index (χ3n) is 4.38. The van der Waals surface area contributed by atoms with Gasteiger partial charge in [0.1, 0.15) is 5.69 Å². The largest absolute Gasteiger partial charge is 0.339 e. The minimum absolute atomic E-state index is 0.183. The van der Waals surface area contributed by atoms with E-state index in [0.29, 0.717) is 24.2 Å². The van der Waals surface area contributed by atoms with Crippen LogP contribution in [0.25, 0.3) is 0 Å². The molecule has 8 nitrogen and oxygen atoms in total. The molecule has 8 heteroatoms. The summed E-state index contributed by atoms with van der Waals surface area (Å²) in [5.41, 5.74) is 0.0108. The second-order valence-electron chi connectivity index (χ2n) is 6.10. The summed E-state index contributed by atoms with van der Waals surface area (Å²) in [6.07, 6.45) is 3.88. The van der Waals surface area contributed by atoms with E-state index in [4.69, 9.17) is 4.52 Å². The number of amides is 1. The van der Waals surface area contributed by atoms with Gasteiger partial charge in [0.05, 0.1) is 6.04 Å². The molecular weight excluding hydrogens is 298 g/mol. The van der Waals surface area contributed by atoms with Crippen LogP contribution in [0.15, 0.2) is 21.5 Å². The molecule has 0 N–H and O–H groups in total. The van der Waals surface area contributed by atoms with Gasteiger partial charge in [-0.1, -0.05) is 5.16 Å². The zero-order valence-corrected chi connectivity index (χ0v) is 12.8. The van der Waals surface area contributed by atoms with Crippen LogP contribution in [0, 0.1) is 0 Å². The van der Waals surface area contributed by atoms with Crippen LogP contribution in [-0.2, 0) is 7.05 Å². The molecule has 2 fully saturated rings. The molecule has 1 aliphatic carbocycles. The van der Waals surface area contributed by atoms with E-state index >= 15 is 0 Å². The summed E-state index contributed by atoms with van der Waals surface area (Å²) in [5, 5.41) is 8.10. The first-order chi connectivity index (χ1) is 11.1. The molecule has 2 aliphatic rings. The van der Waals surface area contributed by atoms with Crippen LogP contribution in [0.1, 0.15) is 59.8 Å². The Labute approximate surface area is 132 Å². The molecule has 1 aliphatic heterocycles. The molecule has 0 radical (unpaired) electrons. The highest BCUT2D eigenvalue weighted by atomic mass is 16.5. The number of carbonyl (C=O) groups is 1. The van der Waals surface area contributed by atoms with E-state index < -0.39 is 0 Å². The van der Waals surface area contributed by atoms with E-state index in [1.54, 1.807) is 4.90 Å². The van der Waals surface area contributed by atoms with Crippen molar-refractivity contribution in [3.05, 3.63) is 39.9 Å². The van der Waals surface area contributed by atoms with Gasteiger partial charge >= 0.3 is 0 Å². The standard InChI is InChI=1S/C15H17N5O3/c1-19-12(21)7-6-10(17-19)15(22)20-8-2-3-11(20)13-16-14(23-18-13)9-4-5-9/h6-7,9,11H,2-5,8H2,1H3. The van der Waals surface area contributed by atoms with Crippen LogP contribution in [0.4, 0.5) is 0 Å². The fourth-order valence-corrected chi connectivity index (χ4v) is 2.92. The minimum Gasteiger partial charge on any atom is -0.339 e. The van der Waals surface area contributed by atoms with Gasteiger partial charge in [-0.25, -0.2) is 4.68 Å². The molecule has 1 amide bonds. The molecule has 1 saturated carbocycles. The molecule has 0 bridgehead atoms. The van der Waals surface area contributed by atoms with Crippen molar-refractivity contribution in [3.63, 3.8) is 0 Å². The highest BCUT2D eigenvalue weighted by Crippen LogP contribution is 2.40. The second-order valence-corrected chi connectivity index (χ2v) is 6.10. The summed E-state index contributed by atoms with van der Waals surface area (Å²) >= 11 is 0. The number of aryl methyl sites for hydroxylation is 1. The van der Waals surface area contributed by atoms with Crippen LogP contribution >= 0.6 is 0 Å². The number of aromatic nitrogens is 4. The van der Waals surface area contributed by atoms with Crippen LogP contribution in [0.3, 0.4) is 0 Å². The van der Waals surface area contributed by atoms with Crippen LogP contribution in [0.5, 0.6) is 0 Å². The van der Waals surface area contributed by atoms with Crippen molar-refractivity contribution in [1.29, 1.82) is 0 Å². The molecule has 120 valence electrons. The lowest BCUT2D eigenvalue weighted by molar-refractivity contribution is 0.0719. The van der Waals surface area contributed by atoms with E-state index in [1.807, 2.05) is 0 Å². The normalized spacial score (nSPS) is 20.9. The number of nitrogens with zero attached hydrogens (tertiary/aromatic N) is 5. The maximum atomic E-state index is 12.7. The molecule has 0 spiro atoms. The summed E-state index contributed by atoms with van der Waals surface area (Å²) in [5.74, 6) is 1.44. The van der Waals surface area contributed by atoms with Crippen molar-refractivity contribution in [1.82, 2.24) is 24.8 Å². The van der Waals surface area contributed by atoms with Gasteiger partial charge in [-0.15, -0.1) is 0 Å². The van der Waals surface area contributed by atoms with E-state index in [2.05, 4.69) is 15.2 Å². The Morgan fingerprint density at radius 2 is 2.13 bits per heavy atom. The lowest BCUT2D eigenvalue weighted by Gasteiger charge is -2.21. The number of hydrogen-bond acceptors (Lipinski definition) is 6. The van der Waals surface area contributed by atoms with Gasteiger partial charge in [0, 0.05) is 25.6 Å². The van der Waals surface area contributed by atoms with Crippen molar-refractivity contribution in [2.75, 3.05) is 6.54 Å². The zero-order valence-electron chi connectivity index (χ0n) is 12.8. The maximum Gasteiger partial charge on any atom is 0.274 e. The van der Waals surface area contributed by atoms with Gasteiger partial charge in [0.25, 0.3) is 11.5 Å². The Balaban J connectivity index is 1.59. The first-order valence-electron chi connectivity index (χ1n) is 7.82. The Hall–Kier alpha value is -2.51. The number of likely N-dealkylation sites (tertiary alicyclic amines) is 1. The van der Waals surface area contributed by atoms with Crippen molar-refractivity contribution in [2.24, 2.45) is 7.05 Å². The highest BCUT2D eigenvalue weighted by Gasteiger charge is 2.36. The Morgan fingerprint density at radius 1 is 1.30 bits per heavy atom. The predicted octanol–water partition coefficient (Wildman–Crippen LogP) is 1.02. The summed E-state index contributed by atoms with van der Waals surface area (Å²) in [4.78, 5) is 30.3. The molecule has 2 aromatic heterocycles. The van der Waals surface area contributed by atoms with E-state index in [1.165, 1.54) is 19.2 Å². The minimum atomic E-state index is -0.244. The smallest absolute Gasteiger partial charge is 0.274 e. The van der Waals surface area contributed by atoms with Gasteiger partial charge < -0.3 is 9.42 Å². The molecule has 2 aromatic rings. The Bertz CT molecular complexity index is 807. The fraction of sp³-hybridized carbons (Fsp3) is 0.533. The van der Waals surface area contributed by atoms with Gasteiger partial charge in [0.2, 0.25) is 5.89 Å². The summed E-state index contributed by atoms with van der Waals surface area (Å²) in [6.45, 7) is 0.626. The molecule has 1 saturated heterocycles. The zero-order chi connectivity index (χ0) is 16.0. The molecule has 23 heavy (non-hydrogen) atoms.